The van der Waals surface area contributed by atoms with Crippen LogP contribution in [0.25, 0.3) is 22.6 Å². The van der Waals surface area contributed by atoms with Crippen LogP contribution in [0, 0.1) is 6.92 Å². The summed E-state index contributed by atoms with van der Waals surface area (Å²) < 4.78 is 10.7. The van der Waals surface area contributed by atoms with Gasteiger partial charge in [-0.15, -0.1) is 11.3 Å². The summed E-state index contributed by atoms with van der Waals surface area (Å²) in [6.45, 7) is 2.28. The molecule has 1 unspecified atom stereocenters. The SMILES string of the molecule is Cc1noc2nc(-c3ccco3)cc(C(=O)NCC(c3cccs3)N(C)C)c12. The molecule has 144 valence electrons. The Labute approximate surface area is 166 Å². The van der Waals surface area contributed by atoms with Gasteiger partial charge in [0, 0.05) is 11.4 Å². The molecule has 7 nitrogen and oxygen atoms in total. The Morgan fingerprint density at radius 1 is 1.32 bits per heavy atom. The van der Waals surface area contributed by atoms with Crippen molar-refractivity contribution in [2.45, 2.75) is 13.0 Å². The zero-order chi connectivity index (χ0) is 19.7. The maximum Gasteiger partial charge on any atom is 0.259 e. The maximum absolute atomic E-state index is 13.1. The Morgan fingerprint density at radius 2 is 2.18 bits per heavy atom. The van der Waals surface area contributed by atoms with E-state index in [-0.39, 0.29) is 11.9 Å². The number of furan rings is 1. The van der Waals surface area contributed by atoms with Crippen LogP contribution in [0.15, 0.2) is 50.9 Å². The van der Waals surface area contributed by atoms with Gasteiger partial charge < -0.3 is 19.2 Å². The van der Waals surface area contributed by atoms with E-state index in [9.17, 15) is 4.79 Å². The minimum Gasteiger partial charge on any atom is -0.463 e. The smallest absolute Gasteiger partial charge is 0.259 e. The molecule has 0 saturated carbocycles. The lowest BCUT2D eigenvalue weighted by molar-refractivity contribution is 0.0944. The summed E-state index contributed by atoms with van der Waals surface area (Å²) in [5.41, 5.74) is 1.94. The molecular weight excluding hydrogens is 376 g/mol. The average Bonchev–Trinajstić information content (AvgIpc) is 3.43. The van der Waals surface area contributed by atoms with Gasteiger partial charge in [0.15, 0.2) is 5.76 Å². The summed E-state index contributed by atoms with van der Waals surface area (Å²) in [6, 6.07) is 9.46. The van der Waals surface area contributed by atoms with Crippen LogP contribution in [0.2, 0.25) is 0 Å². The third kappa shape index (κ3) is 3.44. The van der Waals surface area contributed by atoms with Crippen LogP contribution < -0.4 is 5.32 Å². The Hall–Kier alpha value is -2.97. The fourth-order valence-corrected chi connectivity index (χ4v) is 4.05. The van der Waals surface area contributed by atoms with E-state index in [1.807, 2.05) is 25.5 Å². The molecule has 0 radical (unpaired) electrons. The summed E-state index contributed by atoms with van der Waals surface area (Å²) in [5, 5.41) is 9.67. The third-order valence-corrected chi connectivity index (χ3v) is 5.56. The number of thiophene rings is 1. The van der Waals surface area contributed by atoms with Crippen molar-refractivity contribution in [1.29, 1.82) is 0 Å². The predicted molar refractivity (Wildman–Crippen MR) is 107 cm³/mol. The molecule has 1 N–H and O–H groups in total. The second-order valence-electron chi connectivity index (χ2n) is 6.69. The summed E-state index contributed by atoms with van der Waals surface area (Å²) in [7, 11) is 4.00. The molecule has 0 bridgehead atoms. The average molecular weight is 396 g/mol. The van der Waals surface area contributed by atoms with Gasteiger partial charge in [0.2, 0.25) is 0 Å². The largest absolute Gasteiger partial charge is 0.463 e. The molecule has 4 aromatic heterocycles. The van der Waals surface area contributed by atoms with E-state index in [1.54, 1.807) is 42.7 Å². The van der Waals surface area contributed by atoms with E-state index in [1.165, 1.54) is 4.88 Å². The molecular formula is C20H20N4O3S. The number of hydrogen-bond acceptors (Lipinski definition) is 7. The van der Waals surface area contributed by atoms with Crippen molar-refractivity contribution in [3.63, 3.8) is 0 Å². The molecule has 0 aliphatic heterocycles. The van der Waals surface area contributed by atoms with Crippen molar-refractivity contribution in [1.82, 2.24) is 20.4 Å². The van der Waals surface area contributed by atoms with Crippen LogP contribution in [0.4, 0.5) is 0 Å². The van der Waals surface area contributed by atoms with Gasteiger partial charge in [-0.3, -0.25) is 4.79 Å². The zero-order valence-electron chi connectivity index (χ0n) is 15.8. The van der Waals surface area contributed by atoms with Gasteiger partial charge in [-0.1, -0.05) is 11.2 Å². The predicted octanol–water partition coefficient (Wildman–Crippen LogP) is 3.89. The fraction of sp³-hybridized carbons (Fsp3) is 0.250. The van der Waals surface area contributed by atoms with Gasteiger partial charge in [-0.05, 0) is 50.7 Å². The monoisotopic (exact) mass is 396 g/mol. The molecule has 0 aliphatic carbocycles. The number of likely N-dealkylation sites (N-methyl/N-ethyl adjacent to an activating group) is 1. The van der Waals surface area contributed by atoms with Crippen LogP contribution in [0.5, 0.6) is 0 Å². The second-order valence-corrected chi connectivity index (χ2v) is 7.66. The number of nitrogens with zero attached hydrogens (tertiary/aromatic N) is 3. The molecule has 0 aliphatic rings. The molecule has 28 heavy (non-hydrogen) atoms. The number of aromatic nitrogens is 2. The molecule has 0 aromatic carbocycles. The van der Waals surface area contributed by atoms with Crippen LogP contribution >= 0.6 is 11.3 Å². The van der Waals surface area contributed by atoms with Gasteiger partial charge in [0.25, 0.3) is 11.6 Å². The summed E-state index contributed by atoms with van der Waals surface area (Å²) in [4.78, 5) is 20.8. The number of fused-ring (bicyclic) bond motifs is 1. The van der Waals surface area contributed by atoms with E-state index in [0.717, 1.165) is 0 Å². The highest BCUT2D eigenvalue weighted by atomic mass is 32.1. The van der Waals surface area contributed by atoms with E-state index in [0.29, 0.717) is 40.4 Å². The van der Waals surface area contributed by atoms with Crippen molar-refractivity contribution in [2.24, 2.45) is 0 Å². The first kappa shape index (κ1) is 18.4. The van der Waals surface area contributed by atoms with Gasteiger partial charge in [-0.25, -0.2) is 4.98 Å². The normalized spacial score (nSPS) is 12.6. The van der Waals surface area contributed by atoms with Crippen LogP contribution in [0.1, 0.15) is 27.0 Å². The number of carbonyl (C=O) groups excluding carboxylic acids is 1. The van der Waals surface area contributed by atoms with Crippen molar-refractivity contribution in [3.05, 3.63) is 58.1 Å². The lowest BCUT2D eigenvalue weighted by atomic mass is 10.1. The molecule has 4 heterocycles. The van der Waals surface area contributed by atoms with Crippen molar-refractivity contribution < 1.29 is 13.7 Å². The third-order valence-electron chi connectivity index (χ3n) is 4.59. The first-order valence-electron chi connectivity index (χ1n) is 8.83. The summed E-state index contributed by atoms with van der Waals surface area (Å²) >= 11 is 1.67. The maximum atomic E-state index is 13.1. The molecule has 4 aromatic rings. The topological polar surface area (TPSA) is 84.4 Å². The van der Waals surface area contributed by atoms with Crippen molar-refractivity contribution in [3.8, 4) is 11.5 Å². The Bertz CT molecular complexity index is 1080. The van der Waals surface area contributed by atoms with Gasteiger partial charge in [-0.2, -0.15) is 0 Å². The minimum absolute atomic E-state index is 0.0920. The molecule has 1 amide bonds. The quantitative estimate of drug-likeness (QED) is 0.532. The van der Waals surface area contributed by atoms with E-state index < -0.39 is 0 Å². The molecule has 0 spiro atoms. The lowest BCUT2D eigenvalue weighted by Crippen LogP contribution is -2.34. The number of aryl methyl sites for hydroxylation is 1. The van der Waals surface area contributed by atoms with Crippen molar-refractivity contribution >= 4 is 28.3 Å². The van der Waals surface area contributed by atoms with Crippen LogP contribution in [-0.2, 0) is 0 Å². The van der Waals surface area contributed by atoms with Crippen LogP contribution in [0.3, 0.4) is 0 Å². The minimum atomic E-state index is -0.199. The molecule has 0 fully saturated rings. The Kier molecular flexibility index (Phi) is 4.97. The molecule has 1 atom stereocenters. The number of nitrogens with one attached hydrogen (secondary N) is 1. The fourth-order valence-electron chi connectivity index (χ4n) is 3.13. The Morgan fingerprint density at radius 3 is 2.86 bits per heavy atom. The number of rotatable bonds is 6. The number of carbonyl (C=O) groups is 1. The van der Waals surface area contributed by atoms with Gasteiger partial charge in [0.1, 0.15) is 5.69 Å². The highest BCUT2D eigenvalue weighted by Gasteiger charge is 2.22. The second kappa shape index (κ2) is 7.57. The van der Waals surface area contributed by atoms with E-state index in [4.69, 9.17) is 8.94 Å². The lowest BCUT2D eigenvalue weighted by Gasteiger charge is -2.23. The summed E-state index contributed by atoms with van der Waals surface area (Å²) in [5.74, 6) is 0.365. The molecule has 0 saturated heterocycles. The van der Waals surface area contributed by atoms with E-state index in [2.05, 4.69) is 26.4 Å². The molecule has 4 rings (SSSR count). The van der Waals surface area contributed by atoms with Crippen LogP contribution in [-0.4, -0.2) is 41.6 Å². The van der Waals surface area contributed by atoms with Gasteiger partial charge in [0.05, 0.1) is 28.9 Å². The van der Waals surface area contributed by atoms with Gasteiger partial charge >= 0.3 is 0 Å². The first-order chi connectivity index (χ1) is 13.5. The number of pyridine rings is 1. The van der Waals surface area contributed by atoms with Crippen molar-refractivity contribution in [2.75, 3.05) is 20.6 Å². The number of amides is 1. The zero-order valence-corrected chi connectivity index (χ0v) is 16.6. The summed E-state index contributed by atoms with van der Waals surface area (Å²) in [6.07, 6.45) is 1.56. The van der Waals surface area contributed by atoms with E-state index >= 15 is 0 Å². The highest BCUT2D eigenvalue weighted by Crippen LogP contribution is 2.28. The number of hydrogen-bond donors (Lipinski definition) is 1. The Balaban J connectivity index is 1.65. The molecule has 8 heteroatoms. The first-order valence-corrected chi connectivity index (χ1v) is 9.71. The standard InChI is InChI=1S/C20H20N4O3S/c1-12-18-13(10-14(16-6-4-8-26-16)22-20(18)27-23-12)19(25)21-11-15(24(2)3)17-7-5-9-28-17/h4-10,15H,11H2,1-3H3,(H,21,25). The highest BCUT2D eigenvalue weighted by molar-refractivity contribution is 7.10.